The predicted molar refractivity (Wildman–Crippen MR) is 62.7 cm³/mol. The monoisotopic (exact) mass is 259 g/mol. The molecule has 0 bridgehead atoms. The lowest BCUT2D eigenvalue weighted by Crippen LogP contribution is -2.32. The Morgan fingerprint density at radius 1 is 1.59 bits per heavy atom. The van der Waals surface area contributed by atoms with Crippen molar-refractivity contribution in [1.29, 1.82) is 0 Å². The van der Waals surface area contributed by atoms with Gasteiger partial charge in [-0.05, 0) is 6.42 Å². The smallest absolute Gasteiger partial charge is 0.313 e. The molecule has 0 saturated heterocycles. The van der Waals surface area contributed by atoms with E-state index in [0.717, 1.165) is 16.4 Å². The minimum Gasteiger partial charge on any atom is -0.493 e. The average molecular weight is 259 g/mol. The number of carbonyl (C=O) groups is 1. The van der Waals surface area contributed by atoms with Crippen molar-refractivity contribution in [3.8, 4) is 5.88 Å². The van der Waals surface area contributed by atoms with Gasteiger partial charge in [0.2, 0.25) is 5.88 Å². The Balaban J connectivity index is 3.10. The summed E-state index contributed by atoms with van der Waals surface area (Å²) in [6.45, 7) is 1.85. The quantitative estimate of drug-likeness (QED) is 0.380. The molecule has 1 heterocycles. The van der Waals surface area contributed by atoms with Crippen LogP contribution in [0.5, 0.6) is 5.88 Å². The first-order valence-corrected chi connectivity index (χ1v) is 5.90. The fourth-order valence-corrected chi connectivity index (χ4v) is 1.86. The number of nitrogens with two attached hydrogens (primary N) is 1. The van der Waals surface area contributed by atoms with Crippen molar-refractivity contribution in [2.24, 2.45) is 0 Å². The number of thioether (sulfide) groups is 1. The SMILES string of the molecule is CCCc1c(O)nc(SCC(=O)O)n(N)c1=O. The van der Waals surface area contributed by atoms with Gasteiger partial charge in [0.1, 0.15) is 0 Å². The van der Waals surface area contributed by atoms with Crippen LogP contribution in [0.2, 0.25) is 0 Å². The topological polar surface area (TPSA) is 118 Å². The molecule has 8 heteroatoms. The molecular weight excluding hydrogens is 246 g/mol. The highest BCUT2D eigenvalue weighted by Crippen LogP contribution is 2.18. The third kappa shape index (κ3) is 3.13. The second-order valence-electron chi connectivity index (χ2n) is 3.30. The van der Waals surface area contributed by atoms with Gasteiger partial charge in [0.15, 0.2) is 5.16 Å². The lowest BCUT2D eigenvalue weighted by Gasteiger charge is -2.08. The molecule has 1 rings (SSSR count). The Labute approximate surface area is 101 Å². The minimum atomic E-state index is -1.05. The molecule has 0 spiro atoms. The molecule has 0 aliphatic heterocycles. The van der Waals surface area contributed by atoms with Gasteiger partial charge in [-0.1, -0.05) is 25.1 Å². The largest absolute Gasteiger partial charge is 0.493 e. The van der Waals surface area contributed by atoms with Gasteiger partial charge in [0.25, 0.3) is 5.56 Å². The number of hydrogen-bond donors (Lipinski definition) is 3. The number of aromatic hydroxyl groups is 1. The normalized spacial score (nSPS) is 10.4. The summed E-state index contributed by atoms with van der Waals surface area (Å²) in [7, 11) is 0. The lowest BCUT2D eigenvalue weighted by atomic mass is 10.2. The molecular formula is C9H13N3O4S. The van der Waals surface area contributed by atoms with Crippen LogP contribution in [0.1, 0.15) is 18.9 Å². The maximum atomic E-state index is 11.7. The zero-order valence-corrected chi connectivity index (χ0v) is 10.0. The number of carboxylic acid groups (broad SMARTS) is 1. The van der Waals surface area contributed by atoms with Crippen molar-refractivity contribution < 1.29 is 15.0 Å². The van der Waals surface area contributed by atoms with Crippen LogP contribution < -0.4 is 11.4 Å². The third-order valence-corrected chi connectivity index (χ3v) is 2.92. The van der Waals surface area contributed by atoms with E-state index in [1.165, 1.54) is 0 Å². The van der Waals surface area contributed by atoms with Crippen LogP contribution in [-0.2, 0) is 11.2 Å². The molecule has 1 aromatic heterocycles. The Hall–Kier alpha value is -1.70. The van der Waals surface area contributed by atoms with Gasteiger partial charge in [-0.25, -0.2) is 4.68 Å². The highest BCUT2D eigenvalue weighted by atomic mass is 32.2. The molecule has 0 aromatic carbocycles. The summed E-state index contributed by atoms with van der Waals surface area (Å²) >= 11 is 0.778. The first-order chi connectivity index (χ1) is 7.97. The standard InChI is InChI=1S/C9H13N3O4S/c1-2-3-5-7(15)11-9(12(10)8(5)16)17-4-6(13)14/h15H,2-4,10H2,1H3,(H,13,14). The van der Waals surface area contributed by atoms with Gasteiger partial charge in [-0.15, -0.1) is 0 Å². The molecule has 0 atom stereocenters. The second kappa shape index (κ2) is 5.58. The van der Waals surface area contributed by atoms with Crippen molar-refractivity contribution >= 4 is 17.7 Å². The summed E-state index contributed by atoms with van der Waals surface area (Å²) in [5.41, 5.74) is -0.401. The van der Waals surface area contributed by atoms with Crippen LogP contribution in [0.15, 0.2) is 9.95 Å². The lowest BCUT2D eigenvalue weighted by molar-refractivity contribution is -0.133. The number of carboxylic acids is 1. The van der Waals surface area contributed by atoms with Crippen LogP contribution in [0.25, 0.3) is 0 Å². The molecule has 0 aliphatic carbocycles. The molecule has 0 saturated carbocycles. The van der Waals surface area contributed by atoms with Gasteiger partial charge >= 0.3 is 5.97 Å². The zero-order valence-electron chi connectivity index (χ0n) is 9.21. The number of nitrogen functional groups attached to an aromatic ring is 1. The summed E-state index contributed by atoms with van der Waals surface area (Å²) in [5, 5.41) is 18.0. The molecule has 0 amide bonds. The third-order valence-electron chi connectivity index (χ3n) is 1.98. The summed E-state index contributed by atoms with van der Waals surface area (Å²) in [6.07, 6.45) is 1.05. The fraction of sp³-hybridized carbons (Fsp3) is 0.444. The first-order valence-electron chi connectivity index (χ1n) is 4.92. The molecule has 94 valence electrons. The number of hydrogen-bond acceptors (Lipinski definition) is 6. The Kier molecular flexibility index (Phi) is 4.38. The molecule has 0 radical (unpaired) electrons. The van der Waals surface area contributed by atoms with Crippen LogP contribution in [0.3, 0.4) is 0 Å². The van der Waals surface area contributed by atoms with Gasteiger partial charge in [-0.2, -0.15) is 4.98 Å². The highest BCUT2D eigenvalue weighted by Gasteiger charge is 2.15. The van der Waals surface area contributed by atoms with Crippen LogP contribution in [-0.4, -0.2) is 31.6 Å². The van der Waals surface area contributed by atoms with E-state index in [1.807, 2.05) is 6.92 Å². The summed E-state index contributed by atoms with van der Waals surface area (Å²) < 4.78 is 0.762. The van der Waals surface area contributed by atoms with Crippen molar-refractivity contribution in [3.63, 3.8) is 0 Å². The van der Waals surface area contributed by atoms with Crippen molar-refractivity contribution in [3.05, 3.63) is 15.9 Å². The zero-order chi connectivity index (χ0) is 13.0. The van der Waals surface area contributed by atoms with E-state index in [9.17, 15) is 14.7 Å². The molecule has 17 heavy (non-hydrogen) atoms. The van der Waals surface area contributed by atoms with E-state index in [2.05, 4.69) is 4.98 Å². The first kappa shape index (κ1) is 13.4. The Morgan fingerprint density at radius 3 is 2.76 bits per heavy atom. The number of aliphatic carboxylic acids is 1. The van der Waals surface area contributed by atoms with E-state index in [-0.39, 0.29) is 22.4 Å². The van der Waals surface area contributed by atoms with Crippen LogP contribution in [0, 0.1) is 0 Å². The Bertz CT molecular complexity index is 486. The second-order valence-corrected chi connectivity index (χ2v) is 4.25. The minimum absolute atomic E-state index is 0.0187. The van der Waals surface area contributed by atoms with E-state index >= 15 is 0 Å². The Morgan fingerprint density at radius 2 is 2.24 bits per heavy atom. The molecule has 4 N–H and O–H groups in total. The van der Waals surface area contributed by atoms with E-state index in [4.69, 9.17) is 10.9 Å². The summed E-state index contributed by atoms with van der Waals surface area (Å²) in [6, 6.07) is 0. The molecule has 7 nitrogen and oxygen atoms in total. The molecule has 0 unspecified atom stereocenters. The van der Waals surface area contributed by atoms with Crippen molar-refractivity contribution in [1.82, 2.24) is 9.66 Å². The summed E-state index contributed by atoms with van der Waals surface area (Å²) in [5.74, 6) is 3.77. The van der Waals surface area contributed by atoms with Gasteiger partial charge < -0.3 is 16.1 Å². The average Bonchev–Trinajstić information content (AvgIpc) is 2.27. The number of rotatable bonds is 5. The van der Waals surface area contributed by atoms with E-state index < -0.39 is 11.5 Å². The maximum Gasteiger partial charge on any atom is 0.313 e. The maximum absolute atomic E-state index is 11.7. The van der Waals surface area contributed by atoms with Gasteiger partial charge in [0.05, 0.1) is 11.3 Å². The van der Waals surface area contributed by atoms with E-state index in [1.54, 1.807) is 0 Å². The van der Waals surface area contributed by atoms with E-state index in [0.29, 0.717) is 12.8 Å². The van der Waals surface area contributed by atoms with Gasteiger partial charge in [0, 0.05) is 0 Å². The van der Waals surface area contributed by atoms with Crippen LogP contribution in [0.4, 0.5) is 0 Å². The molecule has 0 fully saturated rings. The van der Waals surface area contributed by atoms with Gasteiger partial charge in [-0.3, -0.25) is 9.59 Å². The molecule has 0 aliphatic rings. The number of aromatic nitrogens is 2. The summed E-state index contributed by atoms with van der Waals surface area (Å²) in [4.78, 5) is 25.8. The van der Waals surface area contributed by atoms with Crippen molar-refractivity contribution in [2.45, 2.75) is 24.9 Å². The fourth-order valence-electron chi connectivity index (χ4n) is 1.24. The highest BCUT2D eigenvalue weighted by molar-refractivity contribution is 7.99. The predicted octanol–water partition coefficient (Wildman–Crippen LogP) is -0.208. The number of nitrogens with zero attached hydrogens (tertiary/aromatic N) is 2. The molecule has 1 aromatic rings. The van der Waals surface area contributed by atoms with Crippen LogP contribution >= 0.6 is 11.8 Å². The van der Waals surface area contributed by atoms with Crippen molar-refractivity contribution in [2.75, 3.05) is 11.6 Å².